The molecule has 2 N–H and O–H groups in total. The van der Waals surface area contributed by atoms with Gasteiger partial charge in [-0.3, -0.25) is 18.7 Å². The number of aryl methyl sites for hydroxylation is 2. The molecule has 0 atom stereocenters. The largest absolute Gasteiger partial charge is 0.454 e. The van der Waals surface area contributed by atoms with E-state index in [-0.39, 0.29) is 23.7 Å². The number of ketones is 1. The molecule has 31 heavy (non-hydrogen) atoms. The fraction of sp³-hybridized carbons (Fsp3) is 0.286. The van der Waals surface area contributed by atoms with Gasteiger partial charge in [0.15, 0.2) is 6.61 Å². The van der Waals surface area contributed by atoms with Crippen molar-refractivity contribution in [2.45, 2.75) is 26.8 Å². The van der Waals surface area contributed by atoms with Gasteiger partial charge >= 0.3 is 11.7 Å². The van der Waals surface area contributed by atoms with E-state index in [0.717, 1.165) is 14.7 Å². The summed E-state index contributed by atoms with van der Waals surface area (Å²) in [5.41, 5.74) is 5.41. The van der Waals surface area contributed by atoms with Crippen LogP contribution in [0.1, 0.15) is 44.7 Å². The second kappa shape index (κ2) is 8.82. The summed E-state index contributed by atoms with van der Waals surface area (Å²) in [6.07, 6.45) is 0.438. The third-order valence-electron chi connectivity index (χ3n) is 4.85. The summed E-state index contributed by atoms with van der Waals surface area (Å²) in [7, 11) is 1.25. The number of carbonyl (C=O) groups excluding carboxylic acids is 2. The number of Topliss-reactive ketones (excluding diaryl/α,β-unsaturated/α-hetero) is 1. The quantitative estimate of drug-likeness (QED) is 0.437. The van der Waals surface area contributed by atoms with Gasteiger partial charge in [-0.1, -0.05) is 42.4 Å². The number of nitrogens with zero attached hydrogens (tertiary/aromatic N) is 3. The molecule has 2 aromatic heterocycles. The first kappa shape index (κ1) is 21.8. The van der Waals surface area contributed by atoms with E-state index >= 15 is 0 Å². The minimum Gasteiger partial charge on any atom is -0.454 e. The van der Waals surface area contributed by atoms with Crippen LogP contribution < -0.4 is 17.0 Å². The molecule has 0 aliphatic rings. The lowest BCUT2D eigenvalue weighted by atomic mass is 10.1. The summed E-state index contributed by atoms with van der Waals surface area (Å²) in [5, 5.41) is 3.77. The molecule has 10 nitrogen and oxygen atoms in total. The summed E-state index contributed by atoms with van der Waals surface area (Å²) in [6.45, 7) is 2.69. The Bertz CT molecular complexity index is 1250. The van der Waals surface area contributed by atoms with Gasteiger partial charge in [-0.05, 0) is 18.9 Å². The molecule has 3 aromatic rings. The zero-order chi connectivity index (χ0) is 22.7. The van der Waals surface area contributed by atoms with E-state index < -0.39 is 35.2 Å². The fourth-order valence-electron chi connectivity index (χ4n) is 3.16. The van der Waals surface area contributed by atoms with Crippen LogP contribution in [-0.2, 0) is 24.8 Å². The highest BCUT2D eigenvalue weighted by Crippen LogP contribution is 2.16. The van der Waals surface area contributed by atoms with E-state index in [4.69, 9.17) is 15.0 Å². The lowest BCUT2D eigenvalue weighted by Crippen LogP contribution is -2.43. The van der Waals surface area contributed by atoms with Crippen molar-refractivity contribution >= 4 is 17.6 Å². The second-order valence-corrected chi connectivity index (χ2v) is 6.89. The molecule has 2 heterocycles. The van der Waals surface area contributed by atoms with Gasteiger partial charge in [0.05, 0.1) is 12.2 Å². The Kier molecular flexibility index (Phi) is 6.19. The minimum absolute atomic E-state index is 0.0689. The van der Waals surface area contributed by atoms with Crippen LogP contribution in [0.3, 0.4) is 0 Å². The highest BCUT2D eigenvalue weighted by Gasteiger charge is 2.25. The number of nitrogens with two attached hydrogens (primary N) is 1. The molecule has 0 bridgehead atoms. The minimum atomic E-state index is -0.858. The predicted octanol–water partition coefficient (Wildman–Crippen LogP) is 1.08. The number of benzene rings is 1. The van der Waals surface area contributed by atoms with Crippen molar-refractivity contribution in [2.75, 3.05) is 12.3 Å². The molecule has 0 spiro atoms. The Hall–Kier alpha value is -3.95. The highest BCUT2D eigenvalue weighted by atomic mass is 16.5. The van der Waals surface area contributed by atoms with Gasteiger partial charge in [0.25, 0.3) is 5.56 Å². The molecule has 0 saturated carbocycles. The van der Waals surface area contributed by atoms with Gasteiger partial charge in [-0.25, -0.2) is 9.59 Å². The first-order chi connectivity index (χ1) is 14.8. The number of carbonyl (C=O) groups is 2. The molecule has 162 valence electrons. The Balaban J connectivity index is 1.90. The fourth-order valence-corrected chi connectivity index (χ4v) is 3.16. The summed E-state index contributed by atoms with van der Waals surface area (Å²) in [6, 6.07) is 8.98. The molecule has 0 fully saturated rings. The van der Waals surface area contributed by atoms with E-state index in [1.807, 2.05) is 6.07 Å². The number of nitrogen functional groups attached to an aromatic ring is 1. The lowest BCUT2D eigenvalue weighted by Gasteiger charge is -2.14. The van der Waals surface area contributed by atoms with Crippen LogP contribution >= 0.6 is 0 Å². The van der Waals surface area contributed by atoms with Crippen molar-refractivity contribution in [2.24, 2.45) is 7.05 Å². The SMILES string of the molecule is CCc1noc(C)c1C(=O)OCC(=O)c1c(N)n(Cc2ccccc2)c(=O)n(C)c1=O. The van der Waals surface area contributed by atoms with Gasteiger partial charge in [0, 0.05) is 7.05 Å². The van der Waals surface area contributed by atoms with E-state index in [0.29, 0.717) is 12.1 Å². The number of hydrogen-bond donors (Lipinski definition) is 1. The van der Waals surface area contributed by atoms with E-state index in [9.17, 15) is 19.2 Å². The number of anilines is 1. The number of esters is 1. The van der Waals surface area contributed by atoms with Crippen molar-refractivity contribution in [1.82, 2.24) is 14.3 Å². The summed E-state index contributed by atoms with van der Waals surface area (Å²) >= 11 is 0. The van der Waals surface area contributed by atoms with Crippen LogP contribution in [0.15, 0.2) is 44.4 Å². The monoisotopic (exact) mass is 426 g/mol. The third kappa shape index (κ3) is 4.18. The number of rotatable bonds is 7. The molecule has 3 rings (SSSR count). The molecule has 1 aromatic carbocycles. The van der Waals surface area contributed by atoms with Crippen LogP contribution in [-0.4, -0.2) is 32.7 Å². The first-order valence-electron chi connectivity index (χ1n) is 9.54. The van der Waals surface area contributed by atoms with Gasteiger partial charge < -0.3 is 15.0 Å². The maximum atomic E-state index is 12.7. The lowest BCUT2D eigenvalue weighted by molar-refractivity contribution is 0.0471. The zero-order valence-electron chi connectivity index (χ0n) is 17.4. The molecule has 0 aliphatic carbocycles. The second-order valence-electron chi connectivity index (χ2n) is 6.89. The summed E-state index contributed by atoms with van der Waals surface area (Å²) in [5.74, 6) is -1.63. The van der Waals surface area contributed by atoms with Crippen LogP contribution in [0.5, 0.6) is 0 Å². The van der Waals surface area contributed by atoms with Crippen molar-refractivity contribution in [3.63, 3.8) is 0 Å². The standard InChI is InChI=1S/C21H22N4O6/c1-4-14-16(12(2)31-23-14)20(28)30-11-15(26)17-18(22)25(21(29)24(3)19(17)27)10-13-8-6-5-7-9-13/h5-9H,4,10-11,22H2,1-3H3. The Labute approximate surface area is 176 Å². The number of ether oxygens (including phenoxy) is 1. The van der Waals surface area contributed by atoms with Crippen molar-refractivity contribution in [3.05, 3.63) is 79.3 Å². The smallest absolute Gasteiger partial charge is 0.344 e. The molecular formula is C21H22N4O6. The van der Waals surface area contributed by atoms with E-state index in [1.54, 1.807) is 38.1 Å². The molecule has 0 aliphatic heterocycles. The molecule has 0 amide bonds. The van der Waals surface area contributed by atoms with Gasteiger partial charge in [0.2, 0.25) is 5.78 Å². The van der Waals surface area contributed by atoms with Crippen LogP contribution in [0.25, 0.3) is 0 Å². The van der Waals surface area contributed by atoms with Crippen LogP contribution in [0.4, 0.5) is 5.82 Å². The van der Waals surface area contributed by atoms with Gasteiger partial charge in [0.1, 0.15) is 22.7 Å². The normalized spacial score (nSPS) is 10.8. The van der Waals surface area contributed by atoms with Crippen LogP contribution in [0.2, 0.25) is 0 Å². The summed E-state index contributed by atoms with van der Waals surface area (Å²) < 4.78 is 12.0. The average molecular weight is 426 g/mol. The van der Waals surface area contributed by atoms with Gasteiger partial charge in [-0.15, -0.1) is 0 Å². The maximum Gasteiger partial charge on any atom is 0.344 e. The molecule has 0 unspecified atom stereocenters. The van der Waals surface area contributed by atoms with Crippen molar-refractivity contribution < 1.29 is 18.8 Å². The zero-order valence-corrected chi connectivity index (χ0v) is 17.4. The van der Waals surface area contributed by atoms with Gasteiger partial charge in [-0.2, -0.15) is 0 Å². The highest BCUT2D eigenvalue weighted by molar-refractivity contribution is 6.02. The summed E-state index contributed by atoms with van der Waals surface area (Å²) in [4.78, 5) is 50.3. The first-order valence-corrected chi connectivity index (χ1v) is 9.54. The Morgan fingerprint density at radius 3 is 2.48 bits per heavy atom. The number of aromatic nitrogens is 3. The predicted molar refractivity (Wildman–Crippen MR) is 111 cm³/mol. The van der Waals surface area contributed by atoms with Crippen LogP contribution in [0, 0.1) is 6.92 Å². The third-order valence-corrected chi connectivity index (χ3v) is 4.85. The number of hydrogen-bond acceptors (Lipinski definition) is 8. The van der Waals surface area contributed by atoms with Crippen molar-refractivity contribution in [3.8, 4) is 0 Å². The van der Waals surface area contributed by atoms with Crippen molar-refractivity contribution in [1.29, 1.82) is 0 Å². The Morgan fingerprint density at radius 1 is 1.16 bits per heavy atom. The van der Waals surface area contributed by atoms with E-state index in [2.05, 4.69) is 5.16 Å². The molecular weight excluding hydrogens is 404 g/mol. The maximum absolute atomic E-state index is 12.7. The molecule has 0 saturated heterocycles. The molecule has 10 heteroatoms. The Morgan fingerprint density at radius 2 is 1.84 bits per heavy atom. The average Bonchev–Trinajstić information content (AvgIpc) is 3.15. The topological polar surface area (TPSA) is 139 Å². The molecule has 0 radical (unpaired) electrons. The van der Waals surface area contributed by atoms with E-state index in [1.165, 1.54) is 7.05 Å².